The monoisotopic (exact) mass is 428 g/mol. The van der Waals surface area contributed by atoms with E-state index in [2.05, 4.69) is 6.08 Å². The Balaban J connectivity index is 1.41. The first-order valence-electron chi connectivity index (χ1n) is 10.7. The Kier molecular flexibility index (Phi) is 6.24. The van der Waals surface area contributed by atoms with Gasteiger partial charge >= 0.3 is 5.97 Å². The van der Waals surface area contributed by atoms with Gasteiger partial charge in [-0.15, -0.1) is 0 Å². The third-order valence-corrected chi connectivity index (χ3v) is 7.08. The van der Waals surface area contributed by atoms with E-state index in [9.17, 15) is 25.2 Å². The molecule has 3 aliphatic heterocycles. The maximum atomic E-state index is 12.1. The third kappa shape index (κ3) is 4.04. The summed E-state index contributed by atoms with van der Waals surface area (Å²) in [6.07, 6.45) is -1.61. The maximum absolute atomic E-state index is 12.1. The number of allylic oxidation sites excluding steroid dienone is 1. The average molecular weight is 428 g/mol. The van der Waals surface area contributed by atoms with Gasteiger partial charge in [0, 0.05) is 5.92 Å². The van der Waals surface area contributed by atoms with E-state index in [4.69, 9.17) is 18.9 Å². The molecule has 0 aromatic carbocycles. The SMILES string of the molecule is CC1C(=O)OC2C1CCC(COC1OC(CO)C(O)C(O)C1O)=CCCC1(C)OC21. The summed E-state index contributed by atoms with van der Waals surface area (Å²) in [5.41, 5.74) is 0.713. The minimum Gasteiger partial charge on any atom is -0.459 e. The number of epoxide rings is 1. The summed E-state index contributed by atoms with van der Waals surface area (Å²) in [4.78, 5) is 12.1. The van der Waals surface area contributed by atoms with E-state index >= 15 is 0 Å². The highest BCUT2D eigenvalue weighted by Gasteiger charge is 2.62. The highest BCUT2D eigenvalue weighted by atomic mass is 16.7. The van der Waals surface area contributed by atoms with E-state index in [1.807, 2.05) is 13.8 Å². The smallest absolute Gasteiger partial charge is 0.309 e. The van der Waals surface area contributed by atoms with Crippen molar-refractivity contribution < 1.29 is 44.2 Å². The number of hydrogen-bond donors (Lipinski definition) is 4. The second-order valence-corrected chi connectivity index (χ2v) is 9.15. The van der Waals surface area contributed by atoms with Crippen LogP contribution in [0, 0.1) is 11.8 Å². The number of aliphatic hydroxyl groups excluding tert-OH is 4. The molecule has 3 saturated heterocycles. The summed E-state index contributed by atoms with van der Waals surface area (Å²) in [5, 5.41) is 39.3. The Hall–Kier alpha value is -1.07. The van der Waals surface area contributed by atoms with Crippen LogP contribution in [0.2, 0.25) is 0 Å². The summed E-state index contributed by atoms with van der Waals surface area (Å²) in [5.74, 6) is -0.293. The van der Waals surface area contributed by atoms with Crippen LogP contribution < -0.4 is 0 Å². The van der Waals surface area contributed by atoms with Gasteiger partial charge in [-0.25, -0.2) is 0 Å². The van der Waals surface area contributed by atoms with Gasteiger partial charge in [0.25, 0.3) is 0 Å². The molecule has 9 heteroatoms. The number of carbonyl (C=O) groups excluding carboxylic acids is 1. The molecule has 0 amide bonds. The van der Waals surface area contributed by atoms with Crippen molar-refractivity contribution in [2.45, 2.75) is 88.0 Å². The highest BCUT2D eigenvalue weighted by molar-refractivity contribution is 5.75. The van der Waals surface area contributed by atoms with Crippen molar-refractivity contribution in [3.63, 3.8) is 0 Å². The van der Waals surface area contributed by atoms with E-state index in [0.29, 0.717) is 6.42 Å². The molecule has 4 N–H and O–H groups in total. The minimum atomic E-state index is -1.47. The third-order valence-electron chi connectivity index (χ3n) is 7.08. The zero-order valence-corrected chi connectivity index (χ0v) is 17.3. The van der Waals surface area contributed by atoms with Gasteiger partial charge in [-0.05, 0) is 38.2 Å². The van der Waals surface area contributed by atoms with Crippen LogP contribution in [-0.2, 0) is 23.7 Å². The molecule has 9 nitrogen and oxygen atoms in total. The molecule has 0 radical (unpaired) electrons. The van der Waals surface area contributed by atoms with E-state index in [-0.39, 0.29) is 42.2 Å². The average Bonchev–Trinajstić information content (AvgIpc) is 3.31. The van der Waals surface area contributed by atoms with Gasteiger partial charge in [0.15, 0.2) is 6.29 Å². The molecule has 0 aromatic heterocycles. The minimum absolute atomic E-state index is 0.0447. The van der Waals surface area contributed by atoms with Gasteiger partial charge in [0.1, 0.15) is 36.6 Å². The number of ether oxygens (including phenoxy) is 4. The topological polar surface area (TPSA) is 138 Å². The second-order valence-electron chi connectivity index (χ2n) is 9.15. The summed E-state index contributed by atoms with van der Waals surface area (Å²) in [6.45, 7) is 3.62. The van der Waals surface area contributed by atoms with Crippen LogP contribution in [0.4, 0.5) is 0 Å². The normalized spacial score (nSPS) is 48.9. The molecule has 10 unspecified atom stereocenters. The van der Waals surface area contributed by atoms with Crippen molar-refractivity contribution in [2.24, 2.45) is 11.8 Å². The molecule has 3 heterocycles. The van der Waals surface area contributed by atoms with Gasteiger partial charge in [0.05, 0.1) is 24.7 Å². The van der Waals surface area contributed by atoms with Crippen LogP contribution in [0.5, 0.6) is 0 Å². The summed E-state index contributed by atoms with van der Waals surface area (Å²) >= 11 is 0. The first-order valence-corrected chi connectivity index (χ1v) is 10.7. The molecule has 30 heavy (non-hydrogen) atoms. The van der Waals surface area contributed by atoms with Crippen molar-refractivity contribution in [2.75, 3.05) is 13.2 Å². The molecule has 0 bridgehead atoms. The molecule has 0 spiro atoms. The molecule has 0 aromatic rings. The molecule has 0 saturated carbocycles. The Morgan fingerprint density at radius 1 is 1.23 bits per heavy atom. The number of rotatable bonds is 4. The molecule has 4 rings (SSSR count). The fourth-order valence-corrected chi connectivity index (χ4v) is 4.90. The Bertz CT molecular complexity index is 679. The van der Waals surface area contributed by atoms with Crippen molar-refractivity contribution in [1.29, 1.82) is 0 Å². The number of fused-ring (bicyclic) bond motifs is 3. The predicted molar refractivity (Wildman–Crippen MR) is 102 cm³/mol. The summed E-state index contributed by atoms with van der Waals surface area (Å²) in [7, 11) is 0. The van der Waals surface area contributed by atoms with Crippen LogP contribution >= 0.6 is 0 Å². The number of aliphatic hydroxyl groups is 4. The Morgan fingerprint density at radius 3 is 2.73 bits per heavy atom. The van der Waals surface area contributed by atoms with Crippen molar-refractivity contribution in [3.05, 3.63) is 11.6 Å². The largest absolute Gasteiger partial charge is 0.459 e. The van der Waals surface area contributed by atoms with Crippen molar-refractivity contribution in [3.8, 4) is 0 Å². The van der Waals surface area contributed by atoms with E-state index in [0.717, 1.165) is 24.8 Å². The summed E-state index contributed by atoms with van der Waals surface area (Å²) in [6, 6.07) is 0. The van der Waals surface area contributed by atoms with Crippen LogP contribution in [0.25, 0.3) is 0 Å². The van der Waals surface area contributed by atoms with Gasteiger partial charge in [0.2, 0.25) is 0 Å². The number of esters is 1. The fraction of sp³-hybridized carbons (Fsp3) is 0.857. The maximum Gasteiger partial charge on any atom is 0.309 e. The Morgan fingerprint density at radius 2 is 2.00 bits per heavy atom. The van der Waals surface area contributed by atoms with Crippen molar-refractivity contribution in [1.82, 2.24) is 0 Å². The molecule has 10 atom stereocenters. The standard InChI is InChI=1S/C21H32O9/c1-10-12-6-5-11(4-3-7-21(2)18(30-21)17(12)29-19(10)26)9-27-20-16(25)15(24)14(23)13(8-22)28-20/h4,10,12-18,20,22-25H,3,5-9H2,1-2H3. The van der Waals surface area contributed by atoms with E-state index in [1.165, 1.54) is 0 Å². The first kappa shape index (κ1) is 22.1. The molecular weight excluding hydrogens is 396 g/mol. The lowest BCUT2D eigenvalue weighted by molar-refractivity contribution is -0.299. The van der Waals surface area contributed by atoms with Crippen LogP contribution in [-0.4, -0.2) is 88.1 Å². The van der Waals surface area contributed by atoms with Crippen LogP contribution in [0.1, 0.15) is 39.5 Å². The molecular formula is C21H32O9. The fourth-order valence-electron chi connectivity index (χ4n) is 4.90. The second kappa shape index (κ2) is 8.46. The lowest BCUT2D eigenvalue weighted by Crippen LogP contribution is -2.59. The molecule has 1 aliphatic carbocycles. The molecule has 3 fully saturated rings. The lowest BCUT2D eigenvalue weighted by atomic mass is 9.81. The van der Waals surface area contributed by atoms with E-state index in [1.54, 1.807) is 0 Å². The van der Waals surface area contributed by atoms with Crippen LogP contribution in [0.15, 0.2) is 11.6 Å². The quantitative estimate of drug-likeness (QED) is 0.269. The van der Waals surface area contributed by atoms with Gasteiger partial charge in [-0.1, -0.05) is 13.0 Å². The predicted octanol–water partition coefficient (Wildman–Crippen LogP) is -0.361. The van der Waals surface area contributed by atoms with Gasteiger partial charge in [-0.2, -0.15) is 0 Å². The van der Waals surface area contributed by atoms with E-state index < -0.39 is 37.3 Å². The van der Waals surface area contributed by atoms with Gasteiger partial charge in [-0.3, -0.25) is 4.79 Å². The zero-order chi connectivity index (χ0) is 21.6. The summed E-state index contributed by atoms with van der Waals surface area (Å²) < 4.78 is 22.7. The number of hydrogen-bond acceptors (Lipinski definition) is 9. The lowest BCUT2D eigenvalue weighted by Gasteiger charge is -2.39. The Labute approximate surface area is 175 Å². The zero-order valence-electron chi connectivity index (χ0n) is 17.3. The molecule has 4 aliphatic rings. The van der Waals surface area contributed by atoms with Crippen LogP contribution in [0.3, 0.4) is 0 Å². The van der Waals surface area contributed by atoms with Crippen molar-refractivity contribution >= 4 is 5.97 Å². The first-order chi connectivity index (χ1) is 14.2. The van der Waals surface area contributed by atoms with Gasteiger partial charge < -0.3 is 39.4 Å². The highest BCUT2D eigenvalue weighted by Crippen LogP contribution is 2.50. The molecule has 170 valence electrons. The number of carbonyl (C=O) groups is 1.